The molecule has 0 saturated carbocycles. The van der Waals surface area contributed by atoms with Gasteiger partial charge in [-0.15, -0.1) is 0 Å². The van der Waals surface area contributed by atoms with Crippen LogP contribution < -0.4 is 10.5 Å². The van der Waals surface area contributed by atoms with Gasteiger partial charge in [0.1, 0.15) is 5.75 Å². The third-order valence-electron chi connectivity index (χ3n) is 2.32. The molecule has 2 N–H and O–H groups in total. The van der Waals surface area contributed by atoms with Crippen molar-refractivity contribution >= 4 is 28.3 Å². The molecule has 0 aliphatic carbocycles. The average Bonchev–Trinajstić information content (AvgIpc) is 2.68. The molecule has 0 atom stereocenters. The lowest BCUT2D eigenvalue weighted by Crippen LogP contribution is -2.04. The van der Waals surface area contributed by atoms with Gasteiger partial charge in [-0.3, -0.25) is 4.68 Å². The SMILES string of the molecule is CCOc1ccc(N)cc1Cn1cc(I)cn1. The van der Waals surface area contributed by atoms with Gasteiger partial charge in [-0.25, -0.2) is 0 Å². The fourth-order valence-corrected chi connectivity index (χ4v) is 2.06. The van der Waals surface area contributed by atoms with Gasteiger partial charge in [-0.2, -0.15) is 5.10 Å². The molecule has 2 rings (SSSR count). The molecule has 4 nitrogen and oxygen atoms in total. The van der Waals surface area contributed by atoms with Gasteiger partial charge in [0.2, 0.25) is 0 Å². The number of aromatic nitrogens is 2. The highest BCUT2D eigenvalue weighted by atomic mass is 127. The maximum absolute atomic E-state index is 5.80. The molecule has 1 heterocycles. The van der Waals surface area contributed by atoms with E-state index >= 15 is 0 Å². The van der Waals surface area contributed by atoms with E-state index in [2.05, 4.69) is 27.7 Å². The van der Waals surface area contributed by atoms with Crippen molar-refractivity contribution in [3.8, 4) is 5.75 Å². The van der Waals surface area contributed by atoms with Crippen molar-refractivity contribution in [1.82, 2.24) is 9.78 Å². The van der Waals surface area contributed by atoms with Crippen LogP contribution in [0.15, 0.2) is 30.6 Å². The molecule has 0 aliphatic rings. The summed E-state index contributed by atoms with van der Waals surface area (Å²) in [4.78, 5) is 0. The molecular formula is C12H14IN3O. The van der Waals surface area contributed by atoms with Gasteiger partial charge in [-0.1, -0.05) is 0 Å². The molecule has 0 saturated heterocycles. The van der Waals surface area contributed by atoms with Gasteiger partial charge >= 0.3 is 0 Å². The zero-order chi connectivity index (χ0) is 12.3. The summed E-state index contributed by atoms with van der Waals surface area (Å²) in [7, 11) is 0. The Morgan fingerprint density at radius 3 is 2.94 bits per heavy atom. The molecule has 0 bridgehead atoms. The summed E-state index contributed by atoms with van der Waals surface area (Å²) in [6.07, 6.45) is 3.81. The van der Waals surface area contributed by atoms with E-state index in [1.54, 1.807) is 0 Å². The molecule has 1 aromatic heterocycles. The average molecular weight is 343 g/mol. The highest BCUT2D eigenvalue weighted by molar-refractivity contribution is 14.1. The monoisotopic (exact) mass is 343 g/mol. The number of hydrogen-bond acceptors (Lipinski definition) is 3. The predicted octanol–water partition coefficient (Wildman–Crippen LogP) is 2.52. The van der Waals surface area contributed by atoms with Crippen molar-refractivity contribution in [2.24, 2.45) is 0 Å². The fourth-order valence-electron chi connectivity index (χ4n) is 1.62. The van der Waals surface area contributed by atoms with Crippen molar-refractivity contribution < 1.29 is 4.74 Å². The maximum Gasteiger partial charge on any atom is 0.124 e. The van der Waals surface area contributed by atoms with E-state index in [0.29, 0.717) is 13.2 Å². The normalized spacial score (nSPS) is 10.5. The molecule has 2 aromatic rings. The third kappa shape index (κ3) is 3.12. The van der Waals surface area contributed by atoms with E-state index in [9.17, 15) is 0 Å². The Morgan fingerprint density at radius 2 is 2.29 bits per heavy atom. The van der Waals surface area contributed by atoms with Gasteiger partial charge in [0.25, 0.3) is 0 Å². The minimum Gasteiger partial charge on any atom is -0.494 e. The lowest BCUT2D eigenvalue weighted by atomic mass is 10.2. The lowest BCUT2D eigenvalue weighted by molar-refractivity contribution is 0.335. The van der Waals surface area contributed by atoms with Crippen LogP contribution in [-0.2, 0) is 6.54 Å². The minimum atomic E-state index is 0.646. The molecule has 90 valence electrons. The number of benzene rings is 1. The van der Waals surface area contributed by atoms with Crippen molar-refractivity contribution in [1.29, 1.82) is 0 Å². The summed E-state index contributed by atoms with van der Waals surface area (Å²) in [5, 5.41) is 4.25. The minimum absolute atomic E-state index is 0.646. The van der Waals surface area contributed by atoms with Crippen molar-refractivity contribution in [3.05, 3.63) is 39.7 Å². The van der Waals surface area contributed by atoms with Gasteiger partial charge < -0.3 is 10.5 Å². The summed E-state index contributed by atoms with van der Waals surface area (Å²) in [6, 6.07) is 5.68. The number of nitrogens with two attached hydrogens (primary N) is 1. The van der Waals surface area contributed by atoms with Crippen LogP contribution in [0.2, 0.25) is 0 Å². The Morgan fingerprint density at radius 1 is 1.47 bits per heavy atom. The van der Waals surface area contributed by atoms with Crippen molar-refractivity contribution in [3.63, 3.8) is 0 Å². The molecule has 0 aliphatic heterocycles. The number of nitrogens with zero attached hydrogens (tertiary/aromatic N) is 2. The molecule has 0 unspecified atom stereocenters. The quantitative estimate of drug-likeness (QED) is 0.686. The molecule has 0 radical (unpaired) electrons. The Labute approximate surface area is 114 Å². The van der Waals surface area contributed by atoms with Gasteiger partial charge in [0.15, 0.2) is 0 Å². The van der Waals surface area contributed by atoms with Gasteiger partial charge in [0, 0.05) is 17.4 Å². The van der Waals surface area contributed by atoms with Crippen LogP contribution in [0, 0.1) is 3.57 Å². The summed E-state index contributed by atoms with van der Waals surface area (Å²) in [5.41, 5.74) is 7.58. The first-order chi connectivity index (χ1) is 8.19. The number of ether oxygens (including phenoxy) is 1. The van der Waals surface area contributed by atoms with Crippen LogP contribution in [0.5, 0.6) is 5.75 Å². The van der Waals surface area contributed by atoms with Crippen LogP contribution in [0.3, 0.4) is 0 Å². The Kier molecular flexibility index (Phi) is 3.88. The van der Waals surface area contributed by atoms with Crippen LogP contribution >= 0.6 is 22.6 Å². The Balaban J connectivity index is 2.26. The second-order valence-corrected chi connectivity index (χ2v) is 4.90. The Hall–Kier alpha value is -1.24. The lowest BCUT2D eigenvalue weighted by Gasteiger charge is -2.11. The number of halogens is 1. The van der Waals surface area contributed by atoms with Gasteiger partial charge in [0.05, 0.1) is 22.9 Å². The molecule has 1 aromatic carbocycles. The van der Waals surface area contributed by atoms with Crippen LogP contribution in [-0.4, -0.2) is 16.4 Å². The zero-order valence-corrected chi connectivity index (χ0v) is 11.7. The standard InChI is InChI=1S/C12H14IN3O/c1-2-17-12-4-3-11(14)5-9(12)7-16-8-10(13)6-15-16/h3-6,8H,2,7,14H2,1H3. The number of nitrogen functional groups attached to an aromatic ring is 1. The first-order valence-electron chi connectivity index (χ1n) is 5.38. The van der Waals surface area contributed by atoms with E-state index in [1.165, 1.54) is 0 Å². The zero-order valence-electron chi connectivity index (χ0n) is 9.56. The Bertz CT molecular complexity index is 510. The first kappa shape index (κ1) is 12.2. The third-order valence-corrected chi connectivity index (χ3v) is 2.88. The molecular weight excluding hydrogens is 329 g/mol. The van der Waals surface area contributed by atoms with E-state index in [4.69, 9.17) is 10.5 Å². The predicted molar refractivity (Wildman–Crippen MR) is 76.1 cm³/mol. The van der Waals surface area contributed by atoms with Crippen LogP contribution in [0.4, 0.5) is 5.69 Å². The molecule has 0 fully saturated rings. The summed E-state index contributed by atoms with van der Waals surface area (Å²) in [6.45, 7) is 3.29. The maximum atomic E-state index is 5.80. The second kappa shape index (κ2) is 5.39. The number of anilines is 1. The molecule has 5 heteroatoms. The molecule has 17 heavy (non-hydrogen) atoms. The smallest absolute Gasteiger partial charge is 0.124 e. The topological polar surface area (TPSA) is 53.1 Å². The van der Waals surface area contributed by atoms with Gasteiger partial charge in [-0.05, 0) is 47.7 Å². The molecule has 0 spiro atoms. The highest BCUT2D eigenvalue weighted by Gasteiger charge is 2.05. The number of rotatable bonds is 4. The number of hydrogen-bond donors (Lipinski definition) is 1. The summed E-state index contributed by atoms with van der Waals surface area (Å²) < 4.78 is 8.56. The molecule has 0 amide bonds. The highest BCUT2D eigenvalue weighted by Crippen LogP contribution is 2.22. The second-order valence-electron chi connectivity index (χ2n) is 3.66. The van der Waals surface area contributed by atoms with E-state index in [1.807, 2.05) is 42.2 Å². The summed E-state index contributed by atoms with van der Waals surface area (Å²) >= 11 is 2.24. The van der Waals surface area contributed by atoms with E-state index in [0.717, 1.165) is 20.6 Å². The van der Waals surface area contributed by atoms with E-state index in [-0.39, 0.29) is 0 Å². The van der Waals surface area contributed by atoms with Crippen molar-refractivity contribution in [2.75, 3.05) is 12.3 Å². The largest absolute Gasteiger partial charge is 0.494 e. The van der Waals surface area contributed by atoms with Crippen LogP contribution in [0.1, 0.15) is 12.5 Å². The summed E-state index contributed by atoms with van der Waals surface area (Å²) in [5.74, 6) is 0.868. The van der Waals surface area contributed by atoms with E-state index < -0.39 is 0 Å². The van der Waals surface area contributed by atoms with Crippen LogP contribution in [0.25, 0.3) is 0 Å². The first-order valence-corrected chi connectivity index (χ1v) is 6.46. The van der Waals surface area contributed by atoms with Crippen molar-refractivity contribution in [2.45, 2.75) is 13.5 Å². The fraction of sp³-hybridized carbons (Fsp3) is 0.250.